The summed E-state index contributed by atoms with van der Waals surface area (Å²) < 4.78 is 10.8. The highest BCUT2D eigenvalue weighted by Crippen LogP contribution is 2.24. The van der Waals surface area contributed by atoms with Crippen LogP contribution < -0.4 is 21.4 Å². The summed E-state index contributed by atoms with van der Waals surface area (Å²) >= 11 is 11.7. The van der Waals surface area contributed by atoms with E-state index in [9.17, 15) is 19.2 Å². The number of nitrogens with zero attached hydrogens (tertiary/aromatic N) is 1. The molecule has 0 unspecified atom stereocenters. The molecule has 0 saturated carbocycles. The van der Waals surface area contributed by atoms with Crippen molar-refractivity contribution < 1.29 is 28.3 Å². The molecule has 11 nitrogen and oxygen atoms in total. The maximum atomic E-state index is 12.0. The van der Waals surface area contributed by atoms with Crippen LogP contribution in [0.4, 0.5) is 5.69 Å². The molecule has 1 aliphatic rings. The van der Waals surface area contributed by atoms with Crippen LogP contribution in [0.5, 0.6) is 0 Å². The lowest BCUT2D eigenvalue weighted by molar-refractivity contribution is -0.139. The number of carbonyl (C=O) groups is 4. The van der Waals surface area contributed by atoms with Crippen LogP contribution in [0.15, 0.2) is 39.9 Å². The molecular weight excluding hydrogens is 489 g/mol. The third-order valence-electron chi connectivity index (χ3n) is 4.57. The third-order valence-corrected chi connectivity index (χ3v) is 5.31. The van der Waals surface area contributed by atoms with Crippen LogP contribution in [0.3, 0.4) is 0 Å². The summed E-state index contributed by atoms with van der Waals surface area (Å²) in [4.78, 5) is 47.4. The van der Waals surface area contributed by atoms with E-state index >= 15 is 0 Å². The predicted octanol–water partition coefficient (Wildman–Crippen LogP) is 1.59. The Balaban J connectivity index is 1.39. The second-order valence-corrected chi connectivity index (χ2v) is 7.93. The molecule has 1 aromatic heterocycles. The second kappa shape index (κ2) is 12.2. The highest BCUT2D eigenvalue weighted by Gasteiger charge is 2.19. The number of hydrogen-bond acceptors (Lipinski definition) is 7. The standard InChI is InChI=1S/C21H21Cl2N5O6/c22-16-6-3-12(8-17(16)23)27-20(31)18(29)25-10-14-4-5-15(34-14)11-26-28-21(32)19(30)24-9-13-2-1-7-33-13/h3-6,8,11,13H,1-2,7,9-10H2,(H,24,30)(H,25,29)(H,27,31)(H,28,32)/b26-11+/t13-/m1/s1. The number of furan rings is 1. The largest absolute Gasteiger partial charge is 0.458 e. The van der Waals surface area contributed by atoms with E-state index in [0.717, 1.165) is 12.8 Å². The number of benzene rings is 1. The molecule has 0 spiro atoms. The minimum atomic E-state index is -0.929. The first-order valence-electron chi connectivity index (χ1n) is 10.2. The van der Waals surface area contributed by atoms with Gasteiger partial charge in [-0.15, -0.1) is 0 Å². The van der Waals surface area contributed by atoms with E-state index in [1.807, 2.05) is 0 Å². The number of amides is 4. The molecular formula is C21H21Cl2N5O6. The molecule has 180 valence electrons. The molecule has 1 aromatic carbocycles. The van der Waals surface area contributed by atoms with Gasteiger partial charge in [0.1, 0.15) is 11.5 Å². The van der Waals surface area contributed by atoms with Gasteiger partial charge >= 0.3 is 23.6 Å². The maximum Gasteiger partial charge on any atom is 0.329 e. The number of halogens is 2. The summed E-state index contributed by atoms with van der Waals surface area (Å²) in [7, 11) is 0. The fourth-order valence-electron chi connectivity index (χ4n) is 2.87. The Bertz CT molecular complexity index is 1100. The van der Waals surface area contributed by atoms with Crippen LogP contribution in [0.2, 0.25) is 10.0 Å². The molecule has 1 atom stereocenters. The van der Waals surface area contributed by atoms with Crippen LogP contribution in [0.25, 0.3) is 0 Å². The van der Waals surface area contributed by atoms with Gasteiger partial charge in [-0.2, -0.15) is 5.10 Å². The summed E-state index contributed by atoms with van der Waals surface area (Å²) in [5.74, 6) is -2.95. The number of nitrogens with one attached hydrogen (secondary N) is 4. The first kappa shape index (κ1) is 25.2. The number of rotatable bonds is 7. The second-order valence-electron chi connectivity index (χ2n) is 7.11. The van der Waals surface area contributed by atoms with Crippen molar-refractivity contribution >= 4 is 58.7 Å². The van der Waals surface area contributed by atoms with Crippen LogP contribution in [-0.2, 0) is 30.5 Å². The molecule has 3 rings (SSSR count). The van der Waals surface area contributed by atoms with Crippen LogP contribution in [0, 0.1) is 0 Å². The van der Waals surface area contributed by atoms with Crippen molar-refractivity contribution in [3.63, 3.8) is 0 Å². The molecule has 34 heavy (non-hydrogen) atoms. The smallest absolute Gasteiger partial charge is 0.329 e. The third kappa shape index (κ3) is 7.58. The van der Waals surface area contributed by atoms with Gasteiger partial charge in [0.2, 0.25) is 0 Å². The highest BCUT2D eigenvalue weighted by molar-refractivity contribution is 6.43. The van der Waals surface area contributed by atoms with Gasteiger partial charge in [0.15, 0.2) is 0 Å². The summed E-state index contributed by atoms with van der Waals surface area (Å²) in [6.45, 7) is 0.839. The fourth-order valence-corrected chi connectivity index (χ4v) is 3.16. The van der Waals surface area contributed by atoms with E-state index < -0.39 is 23.6 Å². The average molecular weight is 510 g/mol. The van der Waals surface area contributed by atoms with E-state index in [-0.39, 0.29) is 30.0 Å². The summed E-state index contributed by atoms with van der Waals surface area (Å²) in [6.07, 6.45) is 2.87. The molecule has 4 amide bonds. The molecule has 1 fully saturated rings. The SMILES string of the molecule is O=C(NC[C@H]1CCCO1)C(=O)N/N=C/c1ccc(CNC(=O)C(=O)Nc2ccc(Cl)c(Cl)c2)o1. The molecule has 4 N–H and O–H groups in total. The lowest BCUT2D eigenvalue weighted by Crippen LogP contribution is -2.41. The molecule has 1 aliphatic heterocycles. The van der Waals surface area contributed by atoms with Crippen molar-refractivity contribution in [2.45, 2.75) is 25.5 Å². The van der Waals surface area contributed by atoms with Crippen molar-refractivity contribution in [1.29, 1.82) is 0 Å². The van der Waals surface area contributed by atoms with Gasteiger partial charge in [-0.3, -0.25) is 19.2 Å². The molecule has 0 radical (unpaired) electrons. The maximum absolute atomic E-state index is 12.0. The number of ether oxygens (including phenoxy) is 1. The average Bonchev–Trinajstić information content (AvgIpc) is 3.50. The molecule has 2 aromatic rings. The Hall–Kier alpha value is -3.41. The number of anilines is 1. The zero-order chi connectivity index (χ0) is 24.5. The van der Waals surface area contributed by atoms with E-state index in [1.54, 1.807) is 6.07 Å². The van der Waals surface area contributed by atoms with Gasteiger partial charge in [-0.1, -0.05) is 23.2 Å². The number of carbonyl (C=O) groups excluding carboxylic acids is 4. The highest BCUT2D eigenvalue weighted by atomic mass is 35.5. The first-order valence-corrected chi connectivity index (χ1v) is 10.9. The van der Waals surface area contributed by atoms with E-state index in [0.29, 0.717) is 23.1 Å². The normalized spacial score (nSPS) is 15.2. The van der Waals surface area contributed by atoms with E-state index in [2.05, 4.69) is 26.5 Å². The Labute approximate surface area is 204 Å². The molecule has 13 heteroatoms. The number of hydrogen-bond donors (Lipinski definition) is 4. The fraction of sp³-hybridized carbons (Fsp3) is 0.286. The Kier molecular flexibility index (Phi) is 9.02. The monoisotopic (exact) mass is 509 g/mol. The minimum Gasteiger partial charge on any atom is -0.458 e. The Morgan fingerprint density at radius 1 is 1.00 bits per heavy atom. The Morgan fingerprint density at radius 3 is 2.53 bits per heavy atom. The predicted molar refractivity (Wildman–Crippen MR) is 123 cm³/mol. The van der Waals surface area contributed by atoms with Crippen molar-refractivity contribution in [3.05, 3.63) is 51.9 Å². The Morgan fingerprint density at radius 2 is 1.79 bits per heavy atom. The summed E-state index contributed by atoms with van der Waals surface area (Å²) in [5, 5.41) is 11.5. The molecule has 0 aliphatic carbocycles. The van der Waals surface area contributed by atoms with Gasteiger partial charge < -0.3 is 25.1 Å². The van der Waals surface area contributed by atoms with Gasteiger partial charge in [0.25, 0.3) is 0 Å². The van der Waals surface area contributed by atoms with Gasteiger partial charge in [0.05, 0.1) is 28.9 Å². The van der Waals surface area contributed by atoms with E-state index in [4.69, 9.17) is 32.4 Å². The summed E-state index contributed by atoms with van der Waals surface area (Å²) in [5.41, 5.74) is 2.40. The zero-order valence-corrected chi connectivity index (χ0v) is 19.2. The lowest BCUT2D eigenvalue weighted by Gasteiger charge is -2.09. The van der Waals surface area contributed by atoms with Crippen molar-refractivity contribution in [1.82, 2.24) is 16.1 Å². The summed E-state index contributed by atoms with van der Waals surface area (Å²) in [6, 6.07) is 7.49. The van der Waals surface area contributed by atoms with Gasteiger partial charge in [-0.25, -0.2) is 5.43 Å². The molecule has 0 bridgehead atoms. The van der Waals surface area contributed by atoms with Crippen molar-refractivity contribution in [2.24, 2.45) is 5.10 Å². The lowest BCUT2D eigenvalue weighted by atomic mass is 10.2. The van der Waals surface area contributed by atoms with Crippen LogP contribution >= 0.6 is 23.2 Å². The molecule has 2 heterocycles. The first-order chi connectivity index (χ1) is 16.3. The van der Waals surface area contributed by atoms with Crippen molar-refractivity contribution in [3.8, 4) is 0 Å². The van der Waals surface area contributed by atoms with Crippen LogP contribution in [0.1, 0.15) is 24.4 Å². The zero-order valence-electron chi connectivity index (χ0n) is 17.7. The van der Waals surface area contributed by atoms with E-state index in [1.165, 1.54) is 30.5 Å². The number of hydrazone groups is 1. The topological polar surface area (TPSA) is 151 Å². The van der Waals surface area contributed by atoms with Gasteiger partial charge in [-0.05, 0) is 43.2 Å². The van der Waals surface area contributed by atoms with Gasteiger partial charge in [0, 0.05) is 18.8 Å². The minimum absolute atomic E-state index is 0.0700. The van der Waals surface area contributed by atoms with Crippen LogP contribution in [-0.4, -0.2) is 49.1 Å². The van der Waals surface area contributed by atoms with Crippen molar-refractivity contribution in [2.75, 3.05) is 18.5 Å². The molecule has 1 saturated heterocycles. The quantitative estimate of drug-likeness (QED) is 0.252.